The molecule has 3 nitrogen and oxygen atoms in total. The second kappa shape index (κ2) is 4.21. The number of nitrogens with one attached hydrogen (secondary N) is 1. The van der Waals surface area contributed by atoms with Crippen LogP contribution < -0.4 is 5.32 Å². The molecule has 0 bridgehead atoms. The van der Waals surface area contributed by atoms with Crippen LogP contribution in [-0.2, 0) is 4.74 Å². The summed E-state index contributed by atoms with van der Waals surface area (Å²) in [5.41, 5.74) is 0.286. The monoisotopic (exact) mass is 172 g/mol. The first-order valence-electron chi connectivity index (χ1n) is 4.67. The third-order valence-corrected chi connectivity index (χ3v) is 2.87. The Hall–Kier alpha value is -0.120. The molecule has 0 aromatic rings. The van der Waals surface area contributed by atoms with Gasteiger partial charge in [-0.15, -0.1) is 0 Å². The van der Waals surface area contributed by atoms with Crippen molar-refractivity contribution in [3.63, 3.8) is 0 Å². The fraction of sp³-hybridized carbons (Fsp3) is 1.00. The average molecular weight is 172 g/mol. The molecule has 1 N–H and O–H groups in total. The van der Waals surface area contributed by atoms with Gasteiger partial charge in [-0.3, -0.25) is 4.90 Å². The van der Waals surface area contributed by atoms with Gasteiger partial charge in [0.2, 0.25) is 0 Å². The summed E-state index contributed by atoms with van der Waals surface area (Å²) in [5, 5.41) is 3.42. The van der Waals surface area contributed by atoms with Crippen LogP contribution in [0.5, 0.6) is 0 Å². The molecule has 0 saturated carbocycles. The predicted octanol–water partition coefficient (Wildman–Crippen LogP) is 0.664. The molecule has 1 fully saturated rings. The molecule has 0 spiro atoms. The van der Waals surface area contributed by atoms with Gasteiger partial charge in [-0.25, -0.2) is 0 Å². The number of hydrogen-bond acceptors (Lipinski definition) is 3. The predicted molar refractivity (Wildman–Crippen MR) is 50.1 cm³/mol. The topological polar surface area (TPSA) is 24.5 Å². The lowest BCUT2D eigenvalue weighted by Gasteiger charge is -2.44. The highest BCUT2D eigenvalue weighted by Gasteiger charge is 2.31. The van der Waals surface area contributed by atoms with Gasteiger partial charge in [0.1, 0.15) is 0 Å². The summed E-state index contributed by atoms with van der Waals surface area (Å²) in [5.74, 6) is 0. The van der Waals surface area contributed by atoms with E-state index in [4.69, 9.17) is 4.74 Å². The molecule has 1 atom stereocenters. The first kappa shape index (κ1) is 9.96. The molecule has 0 aromatic carbocycles. The SMILES string of the molecule is CCC1(C)CNCCN1COC. The molecule has 1 heterocycles. The molecule has 3 heteroatoms. The van der Waals surface area contributed by atoms with E-state index in [1.165, 1.54) is 6.42 Å². The molecular formula is C9H20N2O. The van der Waals surface area contributed by atoms with E-state index in [0.717, 1.165) is 26.4 Å². The fourth-order valence-electron chi connectivity index (χ4n) is 1.68. The van der Waals surface area contributed by atoms with Gasteiger partial charge in [0.05, 0.1) is 6.73 Å². The quantitative estimate of drug-likeness (QED) is 0.677. The van der Waals surface area contributed by atoms with Gasteiger partial charge < -0.3 is 10.1 Å². The Bertz CT molecular complexity index is 138. The van der Waals surface area contributed by atoms with Crippen molar-refractivity contribution in [3.05, 3.63) is 0 Å². The Morgan fingerprint density at radius 2 is 2.33 bits per heavy atom. The Labute approximate surface area is 75.1 Å². The molecule has 0 aliphatic carbocycles. The summed E-state index contributed by atoms with van der Waals surface area (Å²) in [4.78, 5) is 2.41. The number of methoxy groups -OCH3 is 1. The maximum Gasteiger partial charge on any atom is 0.0991 e. The Morgan fingerprint density at radius 3 is 2.92 bits per heavy atom. The fourth-order valence-corrected chi connectivity index (χ4v) is 1.68. The highest BCUT2D eigenvalue weighted by atomic mass is 16.5. The number of hydrogen-bond donors (Lipinski definition) is 1. The lowest BCUT2D eigenvalue weighted by molar-refractivity contribution is -0.0251. The Morgan fingerprint density at radius 1 is 1.58 bits per heavy atom. The van der Waals surface area contributed by atoms with Crippen molar-refractivity contribution in [3.8, 4) is 0 Å². The van der Waals surface area contributed by atoms with Crippen molar-refractivity contribution in [2.75, 3.05) is 33.5 Å². The summed E-state index contributed by atoms with van der Waals surface area (Å²) < 4.78 is 5.18. The van der Waals surface area contributed by atoms with E-state index in [-0.39, 0.29) is 5.54 Å². The van der Waals surface area contributed by atoms with Crippen LogP contribution in [0.3, 0.4) is 0 Å². The minimum Gasteiger partial charge on any atom is -0.369 e. The average Bonchev–Trinajstić information content (AvgIpc) is 2.10. The van der Waals surface area contributed by atoms with E-state index in [9.17, 15) is 0 Å². The van der Waals surface area contributed by atoms with Crippen molar-refractivity contribution in [2.24, 2.45) is 0 Å². The van der Waals surface area contributed by atoms with Crippen molar-refractivity contribution < 1.29 is 4.74 Å². The summed E-state index contributed by atoms with van der Waals surface area (Å²) in [6.45, 7) is 8.53. The van der Waals surface area contributed by atoms with Gasteiger partial charge in [-0.05, 0) is 13.3 Å². The number of rotatable bonds is 3. The third kappa shape index (κ3) is 1.97. The highest BCUT2D eigenvalue weighted by Crippen LogP contribution is 2.20. The zero-order valence-corrected chi connectivity index (χ0v) is 8.39. The van der Waals surface area contributed by atoms with E-state index >= 15 is 0 Å². The first-order chi connectivity index (χ1) is 5.73. The second-order valence-electron chi connectivity index (χ2n) is 3.71. The number of ether oxygens (including phenoxy) is 1. The van der Waals surface area contributed by atoms with Crippen LogP contribution in [0.2, 0.25) is 0 Å². The molecule has 1 aliphatic heterocycles. The van der Waals surface area contributed by atoms with Crippen LogP contribution in [-0.4, -0.2) is 43.9 Å². The molecule has 0 amide bonds. The molecule has 1 aliphatic rings. The summed E-state index contributed by atoms with van der Waals surface area (Å²) in [7, 11) is 1.76. The van der Waals surface area contributed by atoms with E-state index in [0.29, 0.717) is 0 Å². The Balaban J connectivity index is 2.53. The lowest BCUT2D eigenvalue weighted by atomic mass is 9.95. The zero-order chi connectivity index (χ0) is 9.03. The van der Waals surface area contributed by atoms with Crippen molar-refractivity contribution in [1.29, 1.82) is 0 Å². The lowest BCUT2D eigenvalue weighted by Crippen LogP contribution is -2.59. The van der Waals surface area contributed by atoms with Gasteiger partial charge in [-0.1, -0.05) is 6.92 Å². The van der Waals surface area contributed by atoms with Crippen molar-refractivity contribution in [1.82, 2.24) is 10.2 Å². The largest absolute Gasteiger partial charge is 0.369 e. The van der Waals surface area contributed by atoms with Crippen LogP contribution in [0, 0.1) is 0 Å². The van der Waals surface area contributed by atoms with Crippen molar-refractivity contribution in [2.45, 2.75) is 25.8 Å². The number of piperazine rings is 1. The van der Waals surface area contributed by atoms with Crippen molar-refractivity contribution >= 4 is 0 Å². The van der Waals surface area contributed by atoms with Gasteiger partial charge in [0, 0.05) is 32.3 Å². The first-order valence-corrected chi connectivity index (χ1v) is 4.67. The molecule has 1 unspecified atom stereocenters. The molecule has 1 saturated heterocycles. The van der Waals surface area contributed by atoms with E-state index in [1.807, 2.05) is 0 Å². The van der Waals surface area contributed by atoms with Gasteiger partial charge in [-0.2, -0.15) is 0 Å². The standard InChI is InChI=1S/C9H20N2O/c1-4-9(2)7-10-5-6-11(9)8-12-3/h10H,4-8H2,1-3H3. The summed E-state index contributed by atoms with van der Waals surface area (Å²) >= 11 is 0. The van der Waals surface area contributed by atoms with E-state index in [1.54, 1.807) is 7.11 Å². The smallest absolute Gasteiger partial charge is 0.0991 e. The van der Waals surface area contributed by atoms with Crippen LogP contribution >= 0.6 is 0 Å². The molecule has 12 heavy (non-hydrogen) atoms. The van der Waals surface area contributed by atoms with Gasteiger partial charge >= 0.3 is 0 Å². The van der Waals surface area contributed by atoms with Crippen LogP contribution in [0.1, 0.15) is 20.3 Å². The van der Waals surface area contributed by atoms with E-state index in [2.05, 4.69) is 24.1 Å². The van der Waals surface area contributed by atoms with Gasteiger partial charge in [0.25, 0.3) is 0 Å². The molecule has 1 rings (SSSR count). The molecule has 0 aromatic heterocycles. The maximum atomic E-state index is 5.18. The molecular weight excluding hydrogens is 152 g/mol. The highest BCUT2D eigenvalue weighted by molar-refractivity contribution is 4.89. The zero-order valence-electron chi connectivity index (χ0n) is 8.39. The summed E-state index contributed by atoms with van der Waals surface area (Å²) in [6, 6.07) is 0. The van der Waals surface area contributed by atoms with Crippen LogP contribution in [0.25, 0.3) is 0 Å². The number of nitrogens with zero attached hydrogens (tertiary/aromatic N) is 1. The third-order valence-electron chi connectivity index (χ3n) is 2.87. The molecule has 0 radical (unpaired) electrons. The Kier molecular flexibility index (Phi) is 3.50. The second-order valence-corrected chi connectivity index (χ2v) is 3.71. The normalized spacial score (nSPS) is 32.2. The van der Waals surface area contributed by atoms with Crippen LogP contribution in [0.15, 0.2) is 0 Å². The van der Waals surface area contributed by atoms with Gasteiger partial charge in [0.15, 0.2) is 0 Å². The maximum absolute atomic E-state index is 5.18. The van der Waals surface area contributed by atoms with Crippen LogP contribution in [0.4, 0.5) is 0 Å². The van der Waals surface area contributed by atoms with E-state index < -0.39 is 0 Å². The minimum atomic E-state index is 0.286. The summed E-state index contributed by atoms with van der Waals surface area (Å²) in [6.07, 6.45) is 1.17. The molecule has 72 valence electrons. The minimum absolute atomic E-state index is 0.286.